The van der Waals surface area contributed by atoms with Crippen molar-refractivity contribution in [3.8, 4) is 0 Å². The summed E-state index contributed by atoms with van der Waals surface area (Å²) < 4.78 is 5.80. The molecule has 2 aliphatic carbocycles. The Bertz CT molecular complexity index is 613. The summed E-state index contributed by atoms with van der Waals surface area (Å²) >= 11 is 0. The lowest BCUT2D eigenvalue weighted by atomic mass is 9.58. The molecule has 1 aromatic carbocycles. The molecule has 0 radical (unpaired) electrons. The van der Waals surface area contributed by atoms with Gasteiger partial charge in [0.2, 0.25) is 0 Å². The third kappa shape index (κ3) is 2.93. The van der Waals surface area contributed by atoms with Crippen molar-refractivity contribution in [2.45, 2.75) is 57.3 Å². The highest BCUT2D eigenvalue weighted by molar-refractivity contribution is 5.75. The maximum Gasteiger partial charge on any atom is 0.317 e. The van der Waals surface area contributed by atoms with Gasteiger partial charge in [-0.3, -0.25) is 0 Å². The maximum absolute atomic E-state index is 12.6. The van der Waals surface area contributed by atoms with E-state index < -0.39 is 0 Å². The number of aliphatic hydroxyl groups excluding tert-OH is 1. The summed E-state index contributed by atoms with van der Waals surface area (Å²) in [5.74, 6) is 0. The van der Waals surface area contributed by atoms with E-state index in [-0.39, 0.29) is 29.7 Å². The van der Waals surface area contributed by atoms with Crippen LogP contribution < -0.4 is 5.32 Å². The van der Waals surface area contributed by atoms with E-state index in [1.807, 2.05) is 11.8 Å². The fraction of sp³-hybridized carbons (Fsp3) is 0.650. The van der Waals surface area contributed by atoms with E-state index in [1.54, 1.807) is 0 Å². The first-order chi connectivity index (χ1) is 12.1. The monoisotopic (exact) mass is 344 g/mol. The molecule has 5 heteroatoms. The molecule has 136 valence electrons. The van der Waals surface area contributed by atoms with E-state index in [2.05, 4.69) is 29.6 Å². The molecule has 5 nitrogen and oxygen atoms in total. The highest BCUT2D eigenvalue weighted by Crippen LogP contribution is 2.50. The van der Waals surface area contributed by atoms with E-state index in [1.165, 1.54) is 11.1 Å². The second kappa shape index (κ2) is 6.61. The minimum Gasteiger partial charge on any atom is -0.392 e. The number of aliphatic hydroxyl groups is 1. The second-order valence-electron chi connectivity index (χ2n) is 7.74. The highest BCUT2D eigenvalue weighted by Gasteiger charge is 2.56. The van der Waals surface area contributed by atoms with Gasteiger partial charge in [-0.25, -0.2) is 4.79 Å². The predicted molar refractivity (Wildman–Crippen MR) is 95.4 cm³/mol. The molecule has 2 amide bonds. The number of likely N-dealkylation sites (tertiary alicyclic amines) is 1. The summed E-state index contributed by atoms with van der Waals surface area (Å²) in [5.41, 5.74) is 2.57. The number of nitrogens with zero attached hydrogens (tertiary/aromatic N) is 1. The van der Waals surface area contributed by atoms with Crippen LogP contribution in [0.25, 0.3) is 0 Å². The van der Waals surface area contributed by atoms with Crippen LogP contribution in [0.5, 0.6) is 0 Å². The lowest BCUT2D eigenvalue weighted by Gasteiger charge is -2.56. The van der Waals surface area contributed by atoms with Crippen LogP contribution in [-0.4, -0.2) is 54.0 Å². The number of ether oxygens (including phenoxy) is 1. The molecular formula is C20H28N2O3. The molecule has 0 unspecified atom stereocenters. The van der Waals surface area contributed by atoms with Crippen molar-refractivity contribution < 1.29 is 14.6 Å². The average molecular weight is 344 g/mol. The van der Waals surface area contributed by atoms with Gasteiger partial charge in [0.25, 0.3) is 0 Å². The van der Waals surface area contributed by atoms with Gasteiger partial charge in [-0.05, 0) is 43.7 Å². The SMILES string of the molecule is CCO[C@H]1C[C@H](O)C12CCN(C(=O)NC1Cc3ccccc3C1)CC2. The van der Waals surface area contributed by atoms with Gasteiger partial charge in [-0.15, -0.1) is 0 Å². The van der Waals surface area contributed by atoms with Gasteiger partial charge in [-0.2, -0.15) is 0 Å². The van der Waals surface area contributed by atoms with Crippen molar-refractivity contribution >= 4 is 6.03 Å². The zero-order valence-corrected chi connectivity index (χ0v) is 14.9. The molecule has 25 heavy (non-hydrogen) atoms. The Kier molecular flexibility index (Phi) is 4.46. The Morgan fingerprint density at radius 1 is 1.28 bits per heavy atom. The van der Waals surface area contributed by atoms with Crippen molar-refractivity contribution in [1.82, 2.24) is 10.2 Å². The topological polar surface area (TPSA) is 61.8 Å². The van der Waals surface area contributed by atoms with E-state index in [9.17, 15) is 9.90 Å². The molecule has 3 aliphatic rings. The molecule has 1 saturated heterocycles. The summed E-state index contributed by atoms with van der Waals surface area (Å²) in [6.07, 6.45) is 4.12. The summed E-state index contributed by atoms with van der Waals surface area (Å²) in [6.45, 7) is 4.09. The molecule has 1 spiro atoms. The first-order valence-electron chi connectivity index (χ1n) is 9.54. The highest BCUT2D eigenvalue weighted by atomic mass is 16.5. The van der Waals surface area contributed by atoms with E-state index in [0.29, 0.717) is 19.7 Å². The number of hydrogen-bond acceptors (Lipinski definition) is 3. The third-order valence-corrected chi connectivity index (χ3v) is 6.47. The number of hydrogen-bond donors (Lipinski definition) is 2. The summed E-state index contributed by atoms with van der Waals surface area (Å²) in [7, 11) is 0. The summed E-state index contributed by atoms with van der Waals surface area (Å²) in [6, 6.07) is 8.66. The zero-order chi connectivity index (χ0) is 17.4. The Morgan fingerprint density at radius 3 is 2.48 bits per heavy atom. The fourth-order valence-electron chi connectivity index (χ4n) is 4.87. The lowest BCUT2D eigenvalue weighted by molar-refractivity contribution is -0.207. The standard InChI is InChI=1S/C20H28N2O3/c1-2-25-18-13-17(23)20(18)7-9-22(10-8-20)19(24)21-16-11-14-5-3-4-6-15(14)12-16/h3-6,16-18,23H,2,7-13H2,1H3,(H,21,24)/t17-,18-/m0/s1. The molecular weight excluding hydrogens is 316 g/mol. The number of fused-ring (bicyclic) bond motifs is 1. The van der Waals surface area contributed by atoms with Gasteiger partial charge in [-0.1, -0.05) is 24.3 Å². The smallest absolute Gasteiger partial charge is 0.317 e. The third-order valence-electron chi connectivity index (χ3n) is 6.47. The Balaban J connectivity index is 1.30. The number of urea groups is 1. The van der Waals surface area contributed by atoms with Gasteiger partial charge in [0.05, 0.1) is 12.2 Å². The summed E-state index contributed by atoms with van der Waals surface area (Å²) in [4.78, 5) is 14.5. The van der Waals surface area contributed by atoms with Gasteiger partial charge in [0, 0.05) is 37.6 Å². The molecule has 1 saturated carbocycles. The van der Waals surface area contributed by atoms with Crippen molar-refractivity contribution in [2.24, 2.45) is 5.41 Å². The lowest BCUT2D eigenvalue weighted by Crippen LogP contribution is -2.63. The number of nitrogens with one attached hydrogen (secondary N) is 1. The van der Waals surface area contributed by atoms with E-state index in [4.69, 9.17) is 4.74 Å². The first-order valence-corrected chi connectivity index (χ1v) is 9.54. The first kappa shape index (κ1) is 16.9. The van der Waals surface area contributed by atoms with Crippen molar-refractivity contribution in [1.29, 1.82) is 0 Å². The predicted octanol–water partition coefficient (Wildman–Crippen LogP) is 2.12. The number of piperidine rings is 1. The molecule has 2 atom stereocenters. The second-order valence-corrected chi connectivity index (χ2v) is 7.74. The van der Waals surface area contributed by atoms with Gasteiger partial charge in [0.1, 0.15) is 0 Å². The minimum atomic E-state index is -0.279. The maximum atomic E-state index is 12.6. The average Bonchev–Trinajstić information content (AvgIpc) is 3.04. The summed E-state index contributed by atoms with van der Waals surface area (Å²) in [5, 5.41) is 13.5. The Morgan fingerprint density at radius 2 is 1.92 bits per heavy atom. The molecule has 4 rings (SSSR count). The molecule has 0 bridgehead atoms. The van der Waals surface area contributed by atoms with Crippen LogP contribution in [0.3, 0.4) is 0 Å². The molecule has 1 aliphatic heterocycles. The minimum absolute atomic E-state index is 0.0365. The number of benzene rings is 1. The number of amides is 2. The van der Waals surface area contributed by atoms with Crippen LogP contribution in [0.15, 0.2) is 24.3 Å². The van der Waals surface area contributed by atoms with Gasteiger partial charge < -0.3 is 20.1 Å². The largest absolute Gasteiger partial charge is 0.392 e. The normalized spacial score (nSPS) is 27.8. The van der Waals surface area contributed by atoms with Crippen molar-refractivity contribution in [3.63, 3.8) is 0 Å². The number of carbonyl (C=O) groups is 1. The molecule has 1 heterocycles. The molecule has 0 aromatic heterocycles. The number of rotatable bonds is 3. The van der Waals surface area contributed by atoms with Crippen LogP contribution in [0, 0.1) is 5.41 Å². The fourth-order valence-corrected chi connectivity index (χ4v) is 4.87. The van der Waals surface area contributed by atoms with E-state index in [0.717, 1.165) is 32.1 Å². The van der Waals surface area contributed by atoms with Gasteiger partial charge >= 0.3 is 6.03 Å². The number of carbonyl (C=O) groups excluding carboxylic acids is 1. The van der Waals surface area contributed by atoms with Crippen LogP contribution in [0.1, 0.15) is 37.3 Å². The quantitative estimate of drug-likeness (QED) is 0.883. The van der Waals surface area contributed by atoms with Crippen molar-refractivity contribution in [2.75, 3.05) is 19.7 Å². The molecule has 1 aromatic rings. The van der Waals surface area contributed by atoms with E-state index >= 15 is 0 Å². The van der Waals surface area contributed by atoms with Crippen molar-refractivity contribution in [3.05, 3.63) is 35.4 Å². The van der Waals surface area contributed by atoms with Gasteiger partial charge in [0.15, 0.2) is 0 Å². The Labute approximate surface area is 149 Å². The Hall–Kier alpha value is -1.59. The van der Waals surface area contributed by atoms with Crippen LogP contribution in [-0.2, 0) is 17.6 Å². The molecule has 2 fully saturated rings. The van der Waals surface area contributed by atoms with Crippen LogP contribution in [0.2, 0.25) is 0 Å². The molecule has 2 N–H and O–H groups in total. The zero-order valence-electron chi connectivity index (χ0n) is 14.9. The van der Waals surface area contributed by atoms with Crippen LogP contribution >= 0.6 is 0 Å². The van der Waals surface area contributed by atoms with Crippen LogP contribution in [0.4, 0.5) is 4.79 Å².